The van der Waals surface area contributed by atoms with Gasteiger partial charge in [0.05, 0.1) is 12.7 Å². The van der Waals surface area contributed by atoms with Crippen molar-refractivity contribution in [2.45, 2.75) is 25.3 Å². The van der Waals surface area contributed by atoms with Gasteiger partial charge < -0.3 is 14.8 Å². The average Bonchev–Trinajstić information content (AvgIpc) is 2.81. The number of ether oxygens (including phenoxy) is 2. The lowest BCUT2D eigenvalue weighted by Gasteiger charge is -2.19. The Labute approximate surface area is 199 Å². The van der Waals surface area contributed by atoms with E-state index in [4.69, 9.17) is 9.47 Å². The number of hydrogen-bond donors (Lipinski definition) is 2. The van der Waals surface area contributed by atoms with E-state index in [0.717, 1.165) is 15.9 Å². The number of nitrogens with one attached hydrogen (secondary N) is 2. The Morgan fingerprint density at radius 3 is 2.35 bits per heavy atom. The van der Waals surface area contributed by atoms with Gasteiger partial charge in [-0.1, -0.05) is 44.2 Å². The van der Waals surface area contributed by atoms with E-state index in [0.29, 0.717) is 6.54 Å². The van der Waals surface area contributed by atoms with Gasteiger partial charge in [-0.3, -0.25) is 10.1 Å². The van der Waals surface area contributed by atoms with E-state index in [1.807, 2.05) is 25.2 Å². The van der Waals surface area contributed by atoms with Crippen LogP contribution in [0.2, 0.25) is 0 Å². The molecule has 0 aliphatic rings. The Kier molecular flexibility index (Phi) is 9.58. The fraction of sp³-hybridized carbons (Fsp3) is 0.348. The number of benzene rings is 2. The van der Waals surface area contributed by atoms with Gasteiger partial charge >= 0.3 is 12.0 Å². The third-order valence-electron chi connectivity index (χ3n) is 4.59. The van der Waals surface area contributed by atoms with Gasteiger partial charge in [0.2, 0.25) is 10.0 Å². The molecule has 10 nitrogen and oxygen atoms in total. The monoisotopic (exact) mass is 491 g/mol. The molecule has 2 rings (SSSR count). The molecule has 3 amide bonds. The number of carbonyl (C=O) groups excluding carboxylic acids is 3. The molecule has 0 aliphatic carbocycles. The zero-order valence-corrected chi connectivity index (χ0v) is 20.3. The lowest BCUT2D eigenvalue weighted by atomic mass is 10.2. The molecule has 0 heterocycles. The molecule has 2 aromatic rings. The highest BCUT2D eigenvalue weighted by atomic mass is 32.2. The summed E-state index contributed by atoms with van der Waals surface area (Å²) >= 11 is 0. The molecule has 0 aliphatic heterocycles. The lowest BCUT2D eigenvalue weighted by molar-refractivity contribution is -0.123. The Morgan fingerprint density at radius 2 is 1.74 bits per heavy atom. The fourth-order valence-corrected chi connectivity index (χ4v) is 4.15. The minimum absolute atomic E-state index is 0.0519. The van der Waals surface area contributed by atoms with Crippen LogP contribution in [-0.2, 0) is 26.1 Å². The van der Waals surface area contributed by atoms with Crippen LogP contribution >= 0.6 is 0 Å². The predicted molar refractivity (Wildman–Crippen MR) is 125 cm³/mol. The maximum Gasteiger partial charge on any atom is 0.338 e. The van der Waals surface area contributed by atoms with Crippen molar-refractivity contribution >= 4 is 27.9 Å². The minimum atomic E-state index is -4.03. The van der Waals surface area contributed by atoms with Gasteiger partial charge in [-0.05, 0) is 29.7 Å². The SMILES string of the molecule is COc1ccc(C(=O)OCC(=O)NC(=O)NCC(C)C)cc1S(=O)(=O)N(C)Cc1ccccc1. The number of urea groups is 1. The first-order valence-corrected chi connectivity index (χ1v) is 11.9. The molecule has 184 valence electrons. The zero-order valence-electron chi connectivity index (χ0n) is 19.5. The first kappa shape index (κ1) is 26.8. The molecule has 0 radical (unpaired) electrons. The largest absolute Gasteiger partial charge is 0.495 e. The number of amides is 3. The quantitative estimate of drug-likeness (QED) is 0.487. The van der Waals surface area contributed by atoms with Gasteiger partial charge in [0, 0.05) is 20.1 Å². The molecule has 0 spiro atoms. The van der Waals surface area contributed by atoms with Crippen LogP contribution in [0.1, 0.15) is 29.8 Å². The number of carbonyl (C=O) groups is 3. The van der Waals surface area contributed by atoms with Crippen molar-refractivity contribution in [2.75, 3.05) is 27.3 Å². The molecule has 34 heavy (non-hydrogen) atoms. The minimum Gasteiger partial charge on any atom is -0.495 e. The molecular formula is C23H29N3O7S. The van der Waals surface area contributed by atoms with E-state index < -0.39 is 34.5 Å². The van der Waals surface area contributed by atoms with Crippen LogP contribution in [0, 0.1) is 5.92 Å². The average molecular weight is 492 g/mol. The van der Waals surface area contributed by atoms with Gasteiger partial charge in [-0.15, -0.1) is 0 Å². The first-order valence-electron chi connectivity index (χ1n) is 10.5. The molecule has 2 aromatic carbocycles. The number of esters is 1. The number of rotatable bonds is 10. The summed E-state index contributed by atoms with van der Waals surface area (Å²) in [6.45, 7) is 3.57. The highest BCUT2D eigenvalue weighted by Gasteiger charge is 2.27. The topological polar surface area (TPSA) is 131 Å². The summed E-state index contributed by atoms with van der Waals surface area (Å²) in [5.41, 5.74) is 0.691. The highest BCUT2D eigenvalue weighted by Crippen LogP contribution is 2.28. The van der Waals surface area contributed by atoms with Crippen LogP contribution in [0.15, 0.2) is 53.4 Å². The van der Waals surface area contributed by atoms with Gasteiger partial charge in [0.15, 0.2) is 6.61 Å². The summed E-state index contributed by atoms with van der Waals surface area (Å²) in [4.78, 5) is 35.7. The van der Waals surface area contributed by atoms with Crippen molar-refractivity contribution in [1.29, 1.82) is 0 Å². The van der Waals surface area contributed by atoms with E-state index in [1.54, 1.807) is 24.3 Å². The van der Waals surface area contributed by atoms with Crippen molar-refractivity contribution < 1.29 is 32.3 Å². The fourth-order valence-electron chi connectivity index (χ4n) is 2.82. The molecule has 0 bridgehead atoms. The van der Waals surface area contributed by atoms with Gasteiger partial charge in [-0.25, -0.2) is 18.0 Å². The summed E-state index contributed by atoms with van der Waals surface area (Å²) in [7, 11) is -1.29. The number of hydrogen-bond acceptors (Lipinski definition) is 7. The Balaban J connectivity index is 2.10. The van der Waals surface area contributed by atoms with Crippen molar-refractivity contribution in [2.24, 2.45) is 5.92 Å². The van der Waals surface area contributed by atoms with E-state index in [-0.39, 0.29) is 28.7 Å². The van der Waals surface area contributed by atoms with Crippen LogP contribution < -0.4 is 15.4 Å². The van der Waals surface area contributed by atoms with E-state index >= 15 is 0 Å². The van der Waals surface area contributed by atoms with Gasteiger partial charge in [-0.2, -0.15) is 4.31 Å². The molecule has 0 fully saturated rings. The molecular weight excluding hydrogens is 462 g/mol. The highest BCUT2D eigenvalue weighted by molar-refractivity contribution is 7.89. The molecule has 0 aromatic heterocycles. The molecule has 0 saturated heterocycles. The maximum absolute atomic E-state index is 13.2. The second kappa shape index (κ2) is 12.1. The molecule has 2 N–H and O–H groups in total. The second-order valence-electron chi connectivity index (χ2n) is 7.84. The summed E-state index contributed by atoms with van der Waals surface area (Å²) in [5.74, 6) is -1.50. The predicted octanol–water partition coefficient (Wildman–Crippen LogP) is 2.15. The smallest absolute Gasteiger partial charge is 0.338 e. The Morgan fingerprint density at radius 1 is 1.06 bits per heavy atom. The number of sulfonamides is 1. The molecule has 0 unspecified atom stereocenters. The molecule has 0 atom stereocenters. The standard InChI is InChI=1S/C23H29N3O7S/c1-16(2)13-24-23(29)25-21(27)15-33-22(28)18-10-11-19(32-4)20(12-18)34(30,31)26(3)14-17-8-6-5-7-9-17/h5-12,16H,13-15H2,1-4H3,(H2,24,25,27,29). The van der Waals surface area contributed by atoms with E-state index in [9.17, 15) is 22.8 Å². The normalized spacial score (nSPS) is 11.2. The van der Waals surface area contributed by atoms with E-state index in [1.165, 1.54) is 26.3 Å². The second-order valence-corrected chi connectivity index (χ2v) is 9.85. The molecule has 0 saturated carbocycles. The Hall–Kier alpha value is -3.44. The third kappa shape index (κ3) is 7.56. The maximum atomic E-state index is 13.2. The van der Waals surface area contributed by atoms with Crippen molar-refractivity contribution in [3.63, 3.8) is 0 Å². The molecule has 11 heteroatoms. The number of methoxy groups -OCH3 is 1. The van der Waals surface area contributed by atoms with Crippen molar-refractivity contribution in [1.82, 2.24) is 14.9 Å². The number of imide groups is 1. The number of nitrogens with zero attached hydrogens (tertiary/aromatic N) is 1. The lowest BCUT2D eigenvalue weighted by Crippen LogP contribution is -2.42. The van der Waals surface area contributed by atoms with Crippen LogP contribution in [-0.4, -0.2) is 57.9 Å². The third-order valence-corrected chi connectivity index (χ3v) is 6.42. The van der Waals surface area contributed by atoms with Crippen LogP contribution in [0.5, 0.6) is 5.75 Å². The van der Waals surface area contributed by atoms with Gasteiger partial charge in [0.25, 0.3) is 5.91 Å². The summed E-state index contributed by atoms with van der Waals surface area (Å²) in [6, 6.07) is 12.1. The van der Waals surface area contributed by atoms with Crippen LogP contribution in [0.4, 0.5) is 4.79 Å². The Bertz CT molecular complexity index is 1120. The van der Waals surface area contributed by atoms with Gasteiger partial charge in [0.1, 0.15) is 10.6 Å². The zero-order chi connectivity index (χ0) is 25.3. The summed E-state index contributed by atoms with van der Waals surface area (Å²) in [5, 5.41) is 4.55. The van der Waals surface area contributed by atoms with Crippen molar-refractivity contribution in [3.05, 3.63) is 59.7 Å². The summed E-state index contributed by atoms with van der Waals surface area (Å²) in [6.07, 6.45) is 0. The first-order chi connectivity index (χ1) is 16.0. The van der Waals surface area contributed by atoms with Crippen LogP contribution in [0.3, 0.4) is 0 Å². The van der Waals surface area contributed by atoms with Crippen molar-refractivity contribution in [3.8, 4) is 5.75 Å². The van der Waals surface area contributed by atoms with E-state index in [2.05, 4.69) is 5.32 Å². The van der Waals surface area contributed by atoms with Crippen LogP contribution in [0.25, 0.3) is 0 Å². The summed E-state index contributed by atoms with van der Waals surface area (Å²) < 4.78 is 37.6.